The molecule has 0 amide bonds. The highest BCUT2D eigenvalue weighted by Crippen LogP contribution is 2.40. The van der Waals surface area contributed by atoms with Gasteiger partial charge in [0, 0.05) is 6.07 Å². The number of hydrogen-bond donors (Lipinski definition) is 1. The maximum absolute atomic E-state index is 10.4. The highest BCUT2D eigenvalue weighted by atomic mass is 79.9. The van der Waals surface area contributed by atoms with Gasteiger partial charge >= 0.3 is 5.69 Å². The van der Waals surface area contributed by atoms with Gasteiger partial charge in [0.2, 0.25) is 5.75 Å². The van der Waals surface area contributed by atoms with Crippen LogP contribution in [0.25, 0.3) is 0 Å². The lowest BCUT2D eigenvalue weighted by Gasteiger charge is -2.04. The van der Waals surface area contributed by atoms with Crippen LogP contribution in [0, 0.1) is 10.1 Å². The third-order valence-electron chi connectivity index (χ3n) is 1.46. The van der Waals surface area contributed by atoms with E-state index in [9.17, 15) is 15.2 Å². The number of phenolic OH excluding ortho intramolecular Hbond substituents is 1. The van der Waals surface area contributed by atoms with Gasteiger partial charge < -0.3 is 9.84 Å². The van der Waals surface area contributed by atoms with Gasteiger partial charge in [0.25, 0.3) is 0 Å². The van der Waals surface area contributed by atoms with E-state index in [4.69, 9.17) is 4.74 Å². The zero-order valence-electron chi connectivity index (χ0n) is 6.65. The van der Waals surface area contributed by atoms with Crippen LogP contribution in [0.3, 0.4) is 0 Å². The number of rotatable bonds is 2. The third kappa shape index (κ3) is 1.72. The Balaban J connectivity index is 3.35. The van der Waals surface area contributed by atoms with Crippen molar-refractivity contribution in [2.24, 2.45) is 0 Å². The molecule has 0 saturated carbocycles. The molecule has 70 valence electrons. The summed E-state index contributed by atoms with van der Waals surface area (Å²) in [5.74, 6) is -0.406. The quantitative estimate of drug-likeness (QED) is 0.642. The summed E-state index contributed by atoms with van der Waals surface area (Å²) in [5.41, 5.74) is -0.375. The molecule has 0 aliphatic heterocycles. The van der Waals surface area contributed by atoms with Gasteiger partial charge in [0.1, 0.15) is 0 Å². The van der Waals surface area contributed by atoms with Crippen molar-refractivity contribution in [3.8, 4) is 11.5 Å². The number of phenols is 1. The Morgan fingerprint density at radius 2 is 2.23 bits per heavy atom. The lowest BCUT2D eigenvalue weighted by molar-refractivity contribution is -0.386. The fourth-order valence-corrected chi connectivity index (χ4v) is 1.36. The van der Waals surface area contributed by atoms with Gasteiger partial charge in [0.15, 0.2) is 5.75 Å². The molecular weight excluding hydrogens is 242 g/mol. The number of ether oxygens (including phenoxy) is 1. The molecule has 0 fully saturated rings. The first-order valence-corrected chi connectivity index (χ1v) is 4.07. The lowest BCUT2D eigenvalue weighted by Crippen LogP contribution is -1.92. The minimum Gasteiger partial charge on any atom is -0.499 e. The SMILES string of the molecule is COc1c(Br)ccc([N+](=O)[O-])c1O. The second-order valence-corrected chi connectivity index (χ2v) is 3.06. The number of nitrogens with zero attached hydrogens (tertiary/aromatic N) is 1. The molecule has 1 aromatic rings. The molecule has 6 heteroatoms. The van der Waals surface area contributed by atoms with Gasteiger partial charge in [-0.05, 0) is 22.0 Å². The van der Waals surface area contributed by atoms with Crippen LogP contribution >= 0.6 is 15.9 Å². The molecule has 1 rings (SSSR count). The molecule has 1 aromatic carbocycles. The Bertz CT molecular complexity index is 353. The zero-order valence-corrected chi connectivity index (χ0v) is 8.24. The fraction of sp³-hybridized carbons (Fsp3) is 0.143. The first-order valence-electron chi connectivity index (χ1n) is 3.27. The van der Waals surface area contributed by atoms with E-state index < -0.39 is 10.7 Å². The van der Waals surface area contributed by atoms with Crippen LogP contribution in [0.2, 0.25) is 0 Å². The molecule has 1 N–H and O–H groups in total. The number of nitro groups is 1. The maximum atomic E-state index is 10.4. The summed E-state index contributed by atoms with van der Waals surface area (Å²) < 4.78 is 5.24. The van der Waals surface area contributed by atoms with Crippen molar-refractivity contribution in [3.05, 3.63) is 26.7 Å². The third-order valence-corrected chi connectivity index (χ3v) is 2.09. The highest BCUT2D eigenvalue weighted by molar-refractivity contribution is 9.10. The van der Waals surface area contributed by atoms with Crippen LogP contribution in [-0.2, 0) is 0 Å². The molecule has 0 spiro atoms. The molecule has 0 unspecified atom stereocenters. The van der Waals surface area contributed by atoms with E-state index in [1.54, 1.807) is 0 Å². The summed E-state index contributed by atoms with van der Waals surface area (Å²) in [4.78, 5) is 9.70. The fourth-order valence-electron chi connectivity index (χ4n) is 0.878. The number of hydrogen-bond acceptors (Lipinski definition) is 4. The summed E-state index contributed by atoms with van der Waals surface area (Å²) >= 11 is 3.08. The molecule has 0 bridgehead atoms. The molecule has 0 radical (unpaired) electrons. The predicted octanol–water partition coefficient (Wildman–Crippen LogP) is 2.07. The topological polar surface area (TPSA) is 72.6 Å². The van der Waals surface area contributed by atoms with Gasteiger partial charge in [0.05, 0.1) is 16.5 Å². The van der Waals surface area contributed by atoms with Crippen molar-refractivity contribution in [1.82, 2.24) is 0 Å². The highest BCUT2D eigenvalue weighted by Gasteiger charge is 2.19. The number of aromatic hydroxyl groups is 1. The summed E-state index contributed by atoms with van der Waals surface area (Å²) in [7, 11) is 1.32. The van der Waals surface area contributed by atoms with Crippen molar-refractivity contribution in [2.45, 2.75) is 0 Å². The molecule has 0 aliphatic carbocycles. The van der Waals surface area contributed by atoms with Crippen LogP contribution in [0.1, 0.15) is 0 Å². The minimum atomic E-state index is -0.676. The van der Waals surface area contributed by atoms with E-state index in [-0.39, 0.29) is 11.4 Å². The average Bonchev–Trinajstić information content (AvgIpc) is 2.04. The number of nitro benzene ring substituents is 1. The van der Waals surface area contributed by atoms with Crippen LogP contribution in [0.5, 0.6) is 11.5 Å². The summed E-state index contributed by atoms with van der Waals surface area (Å²) in [5, 5.41) is 19.7. The van der Waals surface area contributed by atoms with Gasteiger partial charge in [-0.3, -0.25) is 10.1 Å². The monoisotopic (exact) mass is 247 g/mol. The van der Waals surface area contributed by atoms with Crippen molar-refractivity contribution >= 4 is 21.6 Å². The maximum Gasteiger partial charge on any atom is 0.314 e. The predicted molar refractivity (Wildman–Crippen MR) is 49.0 cm³/mol. The first-order chi connectivity index (χ1) is 6.07. The van der Waals surface area contributed by atoms with E-state index in [0.717, 1.165) is 0 Å². The molecule has 0 atom stereocenters. The standard InChI is InChI=1S/C7H6BrNO4/c1-13-7-4(8)2-3-5(6(7)10)9(11)12/h2-3,10H,1H3. The smallest absolute Gasteiger partial charge is 0.314 e. The molecule has 0 aromatic heterocycles. The Kier molecular flexibility index (Phi) is 2.72. The number of methoxy groups -OCH3 is 1. The second kappa shape index (κ2) is 3.61. The van der Waals surface area contributed by atoms with E-state index in [1.807, 2.05) is 0 Å². The molecule has 0 heterocycles. The Morgan fingerprint density at radius 1 is 1.62 bits per heavy atom. The normalized spacial score (nSPS) is 9.69. The minimum absolute atomic E-state index is 0.0641. The van der Waals surface area contributed by atoms with Crippen molar-refractivity contribution in [3.63, 3.8) is 0 Å². The van der Waals surface area contributed by atoms with E-state index >= 15 is 0 Å². The summed E-state index contributed by atoms with van der Waals surface area (Å²) in [6.07, 6.45) is 0. The molecule has 0 saturated heterocycles. The van der Waals surface area contributed by atoms with Gasteiger partial charge in [-0.25, -0.2) is 0 Å². The first kappa shape index (κ1) is 9.79. The molecule has 0 aliphatic rings. The van der Waals surface area contributed by atoms with E-state index in [1.165, 1.54) is 19.2 Å². The second-order valence-electron chi connectivity index (χ2n) is 2.21. The number of benzene rings is 1. The van der Waals surface area contributed by atoms with Gasteiger partial charge in [-0.2, -0.15) is 0 Å². The van der Waals surface area contributed by atoms with Crippen molar-refractivity contribution in [1.29, 1.82) is 0 Å². The van der Waals surface area contributed by atoms with Gasteiger partial charge in [-0.1, -0.05) is 0 Å². The Hall–Kier alpha value is -1.30. The van der Waals surface area contributed by atoms with Crippen molar-refractivity contribution < 1.29 is 14.8 Å². The Labute approximate surface area is 82.2 Å². The van der Waals surface area contributed by atoms with E-state index in [0.29, 0.717) is 4.47 Å². The van der Waals surface area contributed by atoms with Crippen LogP contribution in [0.15, 0.2) is 16.6 Å². The van der Waals surface area contributed by atoms with Crippen LogP contribution in [0.4, 0.5) is 5.69 Å². The summed E-state index contributed by atoms with van der Waals surface area (Å²) in [6.45, 7) is 0. The lowest BCUT2D eigenvalue weighted by atomic mass is 10.3. The largest absolute Gasteiger partial charge is 0.499 e. The molecule has 13 heavy (non-hydrogen) atoms. The average molecular weight is 248 g/mol. The van der Waals surface area contributed by atoms with Crippen LogP contribution in [-0.4, -0.2) is 17.1 Å². The summed E-state index contributed by atoms with van der Waals surface area (Å²) in [6, 6.07) is 2.64. The van der Waals surface area contributed by atoms with Gasteiger partial charge in [-0.15, -0.1) is 0 Å². The number of halogens is 1. The molecular formula is C7H6BrNO4. The van der Waals surface area contributed by atoms with E-state index in [2.05, 4.69) is 15.9 Å². The Morgan fingerprint density at radius 3 is 2.69 bits per heavy atom. The molecule has 5 nitrogen and oxygen atoms in total. The zero-order chi connectivity index (χ0) is 10.0. The van der Waals surface area contributed by atoms with Crippen LogP contribution < -0.4 is 4.74 Å². The van der Waals surface area contributed by atoms with Crippen molar-refractivity contribution in [2.75, 3.05) is 7.11 Å².